The first-order valence-corrected chi connectivity index (χ1v) is 8.63. The Balaban J connectivity index is 0.00000243. The van der Waals surface area contributed by atoms with Gasteiger partial charge in [0.25, 0.3) is 5.91 Å². The van der Waals surface area contributed by atoms with Gasteiger partial charge in [-0.1, -0.05) is 26.0 Å². The summed E-state index contributed by atoms with van der Waals surface area (Å²) in [5.74, 6) is 0.0697. The minimum atomic E-state index is -0.184. The van der Waals surface area contributed by atoms with Gasteiger partial charge in [-0.15, -0.1) is 12.4 Å². The molecule has 1 amide bonds. The summed E-state index contributed by atoms with van der Waals surface area (Å²) in [6.07, 6.45) is 1.04. The maximum absolute atomic E-state index is 12.6. The lowest BCUT2D eigenvalue weighted by Crippen LogP contribution is -2.26. The number of rotatable bonds is 3. The molecule has 0 saturated heterocycles. The SMILES string of the molecule is CC(C)c1ccc(C(=O)Nc2ccc3c(c2)CN(C)CC3)cc1C#N.Cl. The molecule has 0 radical (unpaired) electrons. The lowest BCUT2D eigenvalue weighted by atomic mass is 9.95. The molecule has 0 saturated carbocycles. The Kier molecular flexibility index (Phi) is 6.42. The van der Waals surface area contributed by atoms with Crippen molar-refractivity contribution in [3.63, 3.8) is 0 Å². The zero-order valence-electron chi connectivity index (χ0n) is 15.4. The standard InChI is InChI=1S/C21H23N3O.ClH/c1-14(2)20-7-5-16(10-17(20)12-22)21(25)23-19-6-4-15-8-9-24(3)13-18(15)11-19;/h4-7,10-11,14H,8-9,13H2,1-3H3,(H,23,25);1H. The Morgan fingerprint density at radius 2 is 1.96 bits per heavy atom. The number of likely N-dealkylation sites (N-methyl/N-ethyl adjacent to an activating group) is 1. The molecule has 0 aromatic heterocycles. The molecule has 4 nitrogen and oxygen atoms in total. The Labute approximate surface area is 161 Å². The maximum atomic E-state index is 12.6. The van der Waals surface area contributed by atoms with Crippen molar-refractivity contribution in [1.82, 2.24) is 4.90 Å². The molecule has 0 bridgehead atoms. The summed E-state index contributed by atoms with van der Waals surface area (Å²) in [5.41, 5.74) is 5.45. The number of carbonyl (C=O) groups is 1. The van der Waals surface area contributed by atoms with Gasteiger partial charge in [0.1, 0.15) is 0 Å². The van der Waals surface area contributed by atoms with E-state index in [4.69, 9.17) is 0 Å². The molecule has 136 valence electrons. The summed E-state index contributed by atoms with van der Waals surface area (Å²) in [7, 11) is 2.11. The lowest BCUT2D eigenvalue weighted by Gasteiger charge is -2.25. The molecular formula is C21H24ClN3O. The topological polar surface area (TPSA) is 56.1 Å². The molecule has 1 heterocycles. The Morgan fingerprint density at radius 1 is 1.19 bits per heavy atom. The van der Waals surface area contributed by atoms with Crippen LogP contribution in [0, 0.1) is 11.3 Å². The number of hydrogen-bond acceptors (Lipinski definition) is 3. The Hall–Kier alpha value is -2.35. The molecular weight excluding hydrogens is 346 g/mol. The Morgan fingerprint density at radius 3 is 2.65 bits per heavy atom. The van der Waals surface area contributed by atoms with Crippen LogP contribution in [0.15, 0.2) is 36.4 Å². The minimum Gasteiger partial charge on any atom is -0.322 e. The summed E-state index contributed by atoms with van der Waals surface area (Å²) in [6, 6.07) is 13.6. The highest BCUT2D eigenvalue weighted by Gasteiger charge is 2.15. The lowest BCUT2D eigenvalue weighted by molar-refractivity contribution is 0.102. The summed E-state index contributed by atoms with van der Waals surface area (Å²) >= 11 is 0. The summed E-state index contributed by atoms with van der Waals surface area (Å²) in [4.78, 5) is 14.8. The van der Waals surface area contributed by atoms with Crippen molar-refractivity contribution in [3.05, 3.63) is 64.2 Å². The first kappa shape index (κ1) is 20.0. The number of halogens is 1. The molecule has 1 aliphatic rings. The van der Waals surface area contributed by atoms with Crippen LogP contribution in [0.4, 0.5) is 5.69 Å². The number of fused-ring (bicyclic) bond motifs is 1. The molecule has 2 aromatic carbocycles. The van der Waals surface area contributed by atoms with Crippen LogP contribution in [0.25, 0.3) is 0 Å². The van der Waals surface area contributed by atoms with E-state index in [1.54, 1.807) is 12.1 Å². The van der Waals surface area contributed by atoms with E-state index in [-0.39, 0.29) is 24.2 Å². The van der Waals surface area contributed by atoms with E-state index in [2.05, 4.69) is 35.5 Å². The van der Waals surface area contributed by atoms with Crippen LogP contribution in [0.5, 0.6) is 0 Å². The molecule has 0 fully saturated rings. The number of anilines is 1. The molecule has 1 N–H and O–H groups in total. The first-order valence-electron chi connectivity index (χ1n) is 8.63. The zero-order chi connectivity index (χ0) is 18.0. The second-order valence-corrected chi connectivity index (χ2v) is 6.99. The Bertz CT molecular complexity index is 855. The number of hydrogen-bond donors (Lipinski definition) is 1. The quantitative estimate of drug-likeness (QED) is 0.875. The van der Waals surface area contributed by atoms with Gasteiger partial charge in [0.05, 0.1) is 11.6 Å². The molecule has 5 heteroatoms. The first-order chi connectivity index (χ1) is 12.0. The highest BCUT2D eigenvalue weighted by atomic mass is 35.5. The summed E-state index contributed by atoms with van der Waals surface area (Å²) < 4.78 is 0. The van der Waals surface area contributed by atoms with Gasteiger partial charge < -0.3 is 10.2 Å². The van der Waals surface area contributed by atoms with Gasteiger partial charge in [0, 0.05) is 24.3 Å². The van der Waals surface area contributed by atoms with Crippen molar-refractivity contribution in [3.8, 4) is 6.07 Å². The number of carbonyl (C=O) groups excluding carboxylic acids is 1. The smallest absolute Gasteiger partial charge is 0.255 e. The highest BCUT2D eigenvalue weighted by Crippen LogP contribution is 2.23. The van der Waals surface area contributed by atoms with Crippen molar-refractivity contribution >= 4 is 24.0 Å². The highest BCUT2D eigenvalue weighted by molar-refractivity contribution is 6.04. The van der Waals surface area contributed by atoms with E-state index < -0.39 is 0 Å². The fourth-order valence-electron chi connectivity index (χ4n) is 3.28. The monoisotopic (exact) mass is 369 g/mol. The van der Waals surface area contributed by atoms with Crippen LogP contribution >= 0.6 is 12.4 Å². The van der Waals surface area contributed by atoms with E-state index in [0.717, 1.165) is 30.8 Å². The van der Waals surface area contributed by atoms with E-state index in [1.807, 2.05) is 26.0 Å². The molecule has 0 aliphatic carbocycles. The van der Waals surface area contributed by atoms with Crippen LogP contribution in [0.1, 0.15) is 52.4 Å². The van der Waals surface area contributed by atoms with Crippen molar-refractivity contribution < 1.29 is 4.79 Å². The number of amides is 1. The normalized spacial score (nSPS) is 13.5. The van der Waals surface area contributed by atoms with Gasteiger partial charge in [-0.25, -0.2) is 0 Å². The predicted octanol–water partition coefficient (Wildman–Crippen LogP) is 4.34. The third kappa shape index (κ3) is 4.24. The average Bonchev–Trinajstić information content (AvgIpc) is 2.60. The number of nitrogens with one attached hydrogen (secondary N) is 1. The molecule has 0 unspecified atom stereocenters. The molecule has 0 spiro atoms. The fourth-order valence-corrected chi connectivity index (χ4v) is 3.28. The van der Waals surface area contributed by atoms with Gasteiger partial charge in [0.2, 0.25) is 0 Å². The molecule has 2 aromatic rings. The predicted molar refractivity (Wildman–Crippen MR) is 107 cm³/mol. The third-order valence-corrected chi connectivity index (χ3v) is 4.73. The van der Waals surface area contributed by atoms with Crippen LogP contribution in [0.2, 0.25) is 0 Å². The van der Waals surface area contributed by atoms with Crippen molar-refractivity contribution in [2.45, 2.75) is 32.7 Å². The molecule has 1 aliphatic heterocycles. The third-order valence-electron chi connectivity index (χ3n) is 4.73. The summed E-state index contributed by atoms with van der Waals surface area (Å²) in [6.45, 7) is 6.05. The molecule has 26 heavy (non-hydrogen) atoms. The zero-order valence-corrected chi connectivity index (χ0v) is 16.2. The van der Waals surface area contributed by atoms with Gasteiger partial charge in [0.15, 0.2) is 0 Å². The van der Waals surface area contributed by atoms with E-state index in [9.17, 15) is 10.1 Å². The number of nitriles is 1. The van der Waals surface area contributed by atoms with Crippen molar-refractivity contribution in [1.29, 1.82) is 5.26 Å². The number of benzene rings is 2. The average molecular weight is 370 g/mol. The van der Waals surface area contributed by atoms with E-state index >= 15 is 0 Å². The van der Waals surface area contributed by atoms with Crippen LogP contribution < -0.4 is 5.32 Å². The van der Waals surface area contributed by atoms with Crippen molar-refractivity contribution in [2.24, 2.45) is 0 Å². The van der Waals surface area contributed by atoms with Crippen LogP contribution in [0.3, 0.4) is 0 Å². The van der Waals surface area contributed by atoms with Crippen LogP contribution in [-0.2, 0) is 13.0 Å². The second-order valence-electron chi connectivity index (χ2n) is 6.99. The van der Waals surface area contributed by atoms with Gasteiger partial charge in [-0.05, 0) is 60.3 Å². The van der Waals surface area contributed by atoms with Crippen LogP contribution in [-0.4, -0.2) is 24.4 Å². The summed E-state index contributed by atoms with van der Waals surface area (Å²) in [5, 5.41) is 12.3. The maximum Gasteiger partial charge on any atom is 0.255 e. The number of nitrogens with zero attached hydrogens (tertiary/aromatic N) is 2. The molecule has 0 atom stereocenters. The van der Waals surface area contributed by atoms with E-state index in [0.29, 0.717) is 11.1 Å². The van der Waals surface area contributed by atoms with Gasteiger partial charge in [-0.3, -0.25) is 4.79 Å². The second kappa shape index (κ2) is 8.35. The van der Waals surface area contributed by atoms with Crippen molar-refractivity contribution in [2.75, 3.05) is 18.9 Å². The minimum absolute atomic E-state index is 0. The largest absolute Gasteiger partial charge is 0.322 e. The molecule has 3 rings (SSSR count). The fraction of sp³-hybridized carbons (Fsp3) is 0.333. The van der Waals surface area contributed by atoms with Gasteiger partial charge in [-0.2, -0.15) is 5.26 Å². The van der Waals surface area contributed by atoms with E-state index in [1.165, 1.54) is 11.1 Å². The van der Waals surface area contributed by atoms with Gasteiger partial charge >= 0.3 is 0 Å².